The summed E-state index contributed by atoms with van der Waals surface area (Å²) in [6, 6.07) is 0.948. The van der Waals surface area contributed by atoms with Crippen LogP contribution in [0.15, 0.2) is 21.2 Å². The number of sulfone groups is 1. The normalized spacial score (nSPS) is 12.5. The third-order valence-corrected chi connectivity index (χ3v) is 6.71. The van der Waals surface area contributed by atoms with Crippen molar-refractivity contribution in [1.82, 2.24) is 0 Å². The largest absolute Gasteiger partial charge is 0.491 e. The van der Waals surface area contributed by atoms with E-state index in [2.05, 4.69) is 10.1 Å². The molecular weight excluding hydrogens is 425 g/mol. The SMILES string of the molecule is COc1c(F)cc(S(=O)(=O)c2cc(C(N)=O)c(NC(=O)C(C)O)s2)c(F)c1F. The fraction of sp³-hybridized carbons (Fsp3) is 0.200. The van der Waals surface area contributed by atoms with Gasteiger partial charge in [0.2, 0.25) is 15.7 Å². The van der Waals surface area contributed by atoms with E-state index < -0.39 is 65.6 Å². The molecule has 0 spiro atoms. The maximum atomic E-state index is 14.2. The lowest BCUT2D eigenvalue weighted by Crippen LogP contribution is -2.25. The number of ether oxygens (including phenoxy) is 1. The zero-order chi connectivity index (χ0) is 21.4. The topological polar surface area (TPSA) is 136 Å². The second-order valence-corrected chi connectivity index (χ2v) is 8.56. The zero-order valence-electron chi connectivity index (χ0n) is 14.2. The molecule has 1 unspecified atom stereocenters. The van der Waals surface area contributed by atoms with Gasteiger partial charge in [0.1, 0.15) is 20.2 Å². The van der Waals surface area contributed by atoms with Crippen LogP contribution in [0.1, 0.15) is 17.3 Å². The molecule has 1 heterocycles. The van der Waals surface area contributed by atoms with Crippen LogP contribution in [0.3, 0.4) is 0 Å². The minimum atomic E-state index is -4.84. The first kappa shape index (κ1) is 21.7. The van der Waals surface area contributed by atoms with E-state index in [9.17, 15) is 36.3 Å². The number of aliphatic hydroxyl groups excluding tert-OH is 1. The predicted molar refractivity (Wildman–Crippen MR) is 91.5 cm³/mol. The maximum Gasteiger partial charge on any atom is 0.253 e. The Labute approximate surface area is 160 Å². The summed E-state index contributed by atoms with van der Waals surface area (Å²) in [5, 5.41) is 11.0. The minimum absolute atomic E-state index is 0.226. The van der Waals surface area contributed by atoms with E-state index in [1.807, 2.05) is 0 Å². The van der Waals surface area contributed by atoms with Crippen molar-refractivity contribution in [2.45, 2.75) is 22.1 Å². The number of nitrogens with one attached hydrogen (secondary N) is 1. The van der Waals surface area contributed by atoms with Crippen LogP contribution in [-0.4, -0.2) is 38.6 Å². The van der Waals surface area contributed by atoms with Gasteiger partial charge in [-0.25, -0.2) is 17.2 Å². The number of benzene rings is 1. The molecule has 0 saturated heterocycles. The summed E-state index contributed by atoms with van der Waals surface area (Å²) in [6.45, 7) is 1.11. The molecule has 2 rings (SSSR count). The van der Waals surface area contributed by atoms with Gasteiger partial charge in [-0.2, -0.15) is 4.39 Å². The fourth-order valence-electron chi connectivity index (χ4n) is 2.04. The Balaban J connectivity index is 2.65. The van der Waals surface area contributed by atoms with Crippen LogP contribution in [0, 0.1) is 17.5 Å². The van der Waals surface area contributed by atoms with Crippen molar-refractivity contribution in [3.05, 3.63) is 35.1 Å². The fourth-order valence-corrected chi connectivity index (χ4v) is 4.87. The number of primary amides is 1. The molecule has 0 aliphatic heterocycles. The van der Waals surface area contributed by atoms with Gasteiger partial charge in [0.05, 0.1) is 12.7 Å². The summed E-state index contributed by atoms with van der Waals surface area (Å²) in [4.78, 5) is 21.8. The summed E-state index contributed by atoms with van der Waals surface area (Å²) >= 11 is 0.291. The average Bonchev–Trinajstić information content (AvgIpc) is 3.03. The third-order valence-electron chi connectivity index (χ3n) is 3.43. The van der Waals surface area contributed by atoms with Crippen LogP contribution < -0.4 is 15.8 Å². The second kappa shape index (κ2) is 7.77. The molecule has 1 aromatic heterocycles. The Morgan fingerprint density at radius 2 is 1.86 bits per heavy atom. The molecule has 0 aliphatic rings. The lowest BCUT2D eigenvalue weighted by Gasteiger charge is -2.09. The van der Waals surface area contributed by atoms with Gasteiger partial charge in [0, 0.05) is 0 Å². The molecule has 152 valence electrons. The second-order valence-electron chi connectivity index (χ2n) is 5.36. The van der Waals surface area contributed by atoms with Gasteiger partial charge in [-0.05, 0) is 19.1 Å². The molecular formula is C15H13F3N2O6S2. The van der Waals surface area contributed by atoms with E-state index in [1.54, 1.807) is 0 Å². The van der Waals surface area contributed by atoms with E-state index in [4.69, 9.17) is 5.73 Å². The quantitative estimate of drug-likeness (QED) is 0.584. The zero-order valence-corrected chi connectivity index (χ0v) is 15.9. The molecule has 13 heteroatoms. The number of hydrogen-bond donors (Lipinski definition) is 3. The lowest BCUT2D eigenvalue weighted by molar-refractivity contribution is -0.123. The van der Waals surface area contributed by atoms with Crippen molar-refractivity contribution < 1.29 is 41.0 Å². The van der Waals surface area contributed by atoms with E-state index in [-0.39, 0.29) is 11.1 Å². The summed E-state index contributed by atoms with van der Waals surface area (Å²) in [6.07, 6.45) is -1.50. The standard InChI is InChI=1S/C15H13F3N2O6S2/c1-5(21)14(23)20-15-6(13(19)22)3-9(27-15)28(24,25)8-4-7(16)12(26-2)11(18)10(8)17/h3-5,21H,1-2H3,(H2,19,22)(H,20,23). The van der Waals surface area contributed by atoms with E-state index in [0.717, 1.165) is 20.1 Å². The van der Waals surface area contributed by atoms with Crippen LogP contribution in [0.5, 0.6) is 5.75 Å². The molecule has 0 aliphatic carbocycles. The van der Waals surface area contributed by atoms with Gasteiger partial charge in [-0.15, -0.1) is 11.3 Å². The summed E-state index contributed by atoms with van der Waals surface area (Å²) < 4.78 is 70.9. The van der Waals surface area contributed by atoms with E-state index in [0.29, 0.717) is 11.3 Å². The van der Waals surface area contributed by atoms with Crippen molar-refractivity contribution in [2.75, 3.05) is 12.4 Å². The Morgan fingerprint density at radius 3 is 2.36 bits per heavy atom. The van der Waals surface area contributed by atoms with Crippen molar-refractivity contribution in [1.29, 1.82) is 0 Å². The minimum Gasteiger partial charge on any atom is -0.491 e. The number of aliphatic hydroxyl groups is 1. The Morgan fingerprint density at radius 1 is 1.25 bits per heavy atom. The van der Waals surface area contributed by atoms with Crippen LogP contribution in [-0.2, 0) is 14.6 Å². The van der Waals surface area contributed by atoms with E-state index in [1.165, 1.54) is 0 Å². The predicted octanol–water partition coefficient (Wildman–Crippen LogP) is 1.43. The third kappa shape index (κ3) is 3.81. The molecule has 0 saturated carbocycles. The number of anilines is 1. The molecule has 0 fully saturated rings. The van der Waals surface area contributed by atoms with E-state index >= 15 is 0 Å². The highest BCUT2D eigenvalue weighted by Crippen LogP contribution is 2.37. The number of amides is 2. The van der Waals surface area contributed by atoms with Crippen molar-refractivity contribution in [3.8, 4) is 5.75 Å². The summed E-state index contributed by atoms with van der Waals surface area (Å²) in [7, 11) is -3.98. The average molecular weight is 438 g/mol. The Bertz CT molecular complexity index is 1070. The van der Waals surface area contributed by atoms with Crippen LogP contribution >= 0.6 is 11.3 Å². The molecule has 0 bridgehead atoms. The Kier molecular flexibility index (Phi) is 6.01. The summed E-state index contributed by atoms with van der Waals surface area (Å²) in [5.74, 6) is -8.41. The van der Waals surface area contributed by atoms with Gasteiger partial charge in [0.25, 0.3) is 11.8 Å². The number of hydrogen-bond acceptors (Lipinski definition) is 7. The molecule has 2 amide bonds. The Hall–Kier alpha value is -2.64. The molecule has 1 atom stereocenters. The van der Waals surface area contributed by atoms with Crippen LogP contribution in [0.4, 0.5) is 18.2 Å². The van der Waals surface area contributed by atoms with Crippen molar-refractivity contribution in [3.63, 3.8) is 0 Å². The van der Waals surface area contributed by atoms with Gasteiger partial charge >= 0.3 is 0 Å². The maximum absolute atomic E-state index is 14.2. The molecule has 0 radical (unpaired) electrons. The number of carbonyl (C=O) groups is 2. The van der Waals surface area contributed by atoms with Crippen molar-refractivity contribution in [2.24, 2.45) is 5.73 Å². The molecule has 1 aromatic carbocycles. The van der Waals surface area contributed by atoms with Gasteiger partial charge in [0.15, 0.2) is 17.4 Å². The first-order valence-electron chi connectivity index (χ1n) is 7.30. The van der Waals surface area contributed by atoms with Crippen LogP contribution in [0.2, 0.25) is 0 Å². The van der Waals surface area contributed by atoms with Gasteiger partial charge < -0.3 is 20.9 Å². The number of nitrogens with two attached hydrogens (primary N) is 1. The highest BCUT2D eigenvalue weighted by Gasteiger charge is 2.32. The number of carbonyl (C=O) groups excluding carboxylic acids is 2. The highest BCUT2D eigenvalue weighted by atomic mass is 32.2. The van der Waals surface area contributed by atoms with Gasteiger partial charge in [-0.1, -0.05) is 0 Å². The number of rotatable bonds is 6. The number of thiophene rings is 1. The smallest absolute Gasteiger partial charge is 0.253 e. The lowest BCUT2D eigenvalue weighted by atomic mass is 10.3. The molecule has 2 aromatic rings. The van der Waals surface area contributed by atoms with Gasteiger partial charge in [-0.3, -0.25) is 9.59 Å². The monoisotopic (exact) mass is 438 g/mol. The number of halogens is 3. The molecule has 8 nitrogen and oxygen atoms in total. The molecule has 28 heavy (non-hydrogen) atoms. The first-order chi connectivity index (χ1) is 12.9. The number of methoxy groups -OCH3 is 1. The first-order valence-corrected chi connectivity index (χ1v) is 9.60. The van der Waals surface area contributed by atoms with Crippen LogP contribution in [0.25, 0.3) is 0 Å². The highest BCUT2D eigenvalue weighted by molar-refractivity contribution is 7.93. The van der Waals surface area contributed by atoms with Crippen molar-refractivity contribution >= 4 is 38.0 Å². The summed E-state index contributed by atoms with van der Waals surface area (Å²) in [5.41, 5.74) is 4.67. The molecule has 4 N–H and O–H groups in total.